The molecule has 0 saturated carbocycles. The Kier molecular flexibility index (Phi) is 9.41. The minimum Gasteiger partial charge on any atom is -0.486 e. The van der Waals surface area contributed by atoms with Gasteiger partial charge in [0.1, 0.15) is 19.3 Å². The summed E-state index contributed by atoms with van der Waals surface area (Å²) in [5.74, 6) is 1.27. The number of carbonyl (C=O) groups is 2. The zero-order chi connectivity index (χ0) is 26.9. The number of nitrogens with one attached hydrogen (secondary N) is 1. The van der Waals surface area contributed by atoms with Gasteiger partial charge in [-0.15, -0.1) is 0 Å². The molecular weight excluding hydrogens is 476 g/mol. The number of benzene rings is 3. The summed E-state index contributed by atoms with van der Waals surface area (Å²) in [5.41, 5.74) is 4.15. The van der Waals surface area contributed by atoms with Crippen molar-refractivity contribution in [1.82, 2.24) is 10.2 Å². The van der Waals surface area contributed by atoms with Crippen molar-refractivity contribution in [3.63, 3.8) is 0 Å². The van der Waals surface area contributed by atoms with E-state index in [0.717, 1.165) is 34.4 Å². The van der Waals surface area contributed by atoms with E-state index >= 15 is 0 Å². The van der Waals surface area contributed by atoms with E-state index in [-0.39, 0.29) is 24.3 Å². The van der Waals surface area contributed by atoms with Gasteiger partial charge in [0.2, 0.25) is 11.8 Å². The summed E-state index contributed by atoms with van der Waals surface area (Å²) in [5, 5.41) is 3.13. The van der Waals surface area contributed by atoms with Crippen LogP contribution in [0.2, 0.25) is 0 Å². The Labute approximate surface area is 226 Å². The van der Waals surface area contributed by atoms with Crippen LogP contribution in [0.15, 0.2) is 72.8 Å². The second kappa shape index (κ2) is 13.1. The molecule has 3 aromatic rings. The predicted molar refractivity (Wildman–Crippen MR) is 149 cm³/mol. The first kappa shape index (κ1) is 27.2. The first-order chi connectivity index (χ1) is 18.4. The van der Waals surface area contributed by atoms with E-state index in [1.807, 2.05) is 87.5 Å². The van der Waals surface area contributed by atoms with E-state index in [1.165, 1.54) is 0 Å². The van der Waals surface area contributed by atoms with E-state index in [4.69, 9.17) is 9.47 Å². The molecule has 0 aliphatic carbocycles. The van der Waals surface area contributed by atoms with Crippen molar-refractivity contribution >= 4 is 11.8 Å². The van der Waals surface area contributed by atoms with Crippen LogP contribution in [0.1, 0.15) is 48.9 Å². The fourth-order valence-corrected chi connectivity index (χ4v) is 4.64. The molecule has 4 rings (SSSR count). The Morgan fingerprint density at radius 2 is 1.63 bits per heavy atom. The van der Waals surface area contributed by atoms with Crippen molar-refractivity contribution in [1.29, 1.82) is 0 Å². The SMILES string of the molecule is CCC(C)NC(=O)C(Cc1ccccc1)N(Cc1cccc(C)c1)C(=O)CCc1ccc2c(c1)OCCO2. The third-order valence-corrected chi connectivity index (χ3v) is 6.94. The van der Waals surface area contributed by atoms with Gasteiger partial charge in [0, 0.05) is 25.4 Å². The van der Waals surface area contributed by atoms with Crippen molar-refractivity contribution < 1.29 is 19.1 Å². The molecular formula is C32H38N2O4. The highest BCUT2D eigenvalue weighted by molar-refractivity contribution is 5.88. The molecule has 2 unspecified atom stereocenters. The molecule has 1 N–H and O–H groups in total. The van der Waals surface area contributed by atoms with Crippen LogP contribution >= 0.6 is 0 Å². The van der Waals surface area contributed by atoms with Gasteiger partial charge in [-0.3, -0.25) is 9.59 Å². The number of nitrogens with zero attached hydrogens (tertiary/aromatic N) is 1. The average molecular weight is 515 g/mol. The number of hydrogen-bond donors (Lipinski definition) is 1. The molecule has 0 radical (unpaired) electrons. The van der Waals surface area contributed by atoms with Crippen molar-refractivity contribution in [2.75, 3.05) is 13.2 Å². The van der Waals surface area contributed by atoms with Crippen LogP contribution in [0.3, 0.4) is 0 Å². The molecule has 200 valence electrons. The third-order valence-electron chi connectivity index (χ3n) is 6.94. The fourth-order valence-electron chi connectivity index (χ4n) is 4.64. The molecule has 6 nitrogen and oxygen atoms in total. The summed E-state index contributed by atoms with van der Waals surface area (Å²) in [6, 6.07) is 23.2. The highest BCUT2D eigenvalue weighted by Gasteiger charge is 2.31. The van der Waals surface area contributed by atoms with Crippen molar-refractivity contribution in [2.24, 2.45) is 0 Å². The molecule has 2 amide bonds. The Morgan fingerprint density at radius 1 is 0.895 bits per heavy atom. The maximum atomic E-state index is 13.9. The molecule has 38 heavy (non-hydrogen) atoms. The van der Waals surface area contributed by atoms with Crippen LogP contribution in [0.5, 0.6) is 11.5 Å². The molecule has 0 fully saturated rings. The van der Waals surface area contributed by atoms with Gasteiger partial charge in [0.25, 0.3) is 0 Å². The maximum absolute atomic E-state index is 13.9. The molecule has 2 atom stereocenters. The quantitative estimate of drug-likeness (QED) is 0.379. The van der Waals surface area contributed by atoms with Gasteiger partial charge in [-0.05, 0) is 55.5 Å². The van der Waals surface area contributed by atoms with E-state index < -0.39 is 6.04 Å². The van der Waals surface area contributed by atoms with Crippen LogP contribution in [0.4, 0.5) is 0 Å². The van der Waals surface area contributed by atoms with Gasteiger partial charge in [0.15, 0.2) is 11.5 Å². The topological polar surface area (TPSA) is 67.9 Å². The number of hydrogen-bond acceptors (Lipinski definition) is 4. The second-order valence-electron chi connectivity index (χ2n) is 10.0. The lowest BCUT2D eigenvalue weighted by Gasteiger charge is -2.32. The number of carbonyl (C=O) groups excluding carboxylic acids is 2. The Morgan fingerprint density at radius 3 is 2.37 bits per heavy atom. The Hall–Kier alpha value is -3.80. The lowest BCUT2D eigenvalue weighted by molar-refractivity contribution is -0.141. The highest BCUT2D eigenvalue weighted by atomic mass is 16.6. The van der Waals surface area contributed by atoms with Crippen LogP contribution in [0, 0.1) is 6.92 Å². The molecule has 6 heteroatoms. The minimum atomic E-state index is -0.625. The number of fused-ring (bicyclic) bond motifs is 1. The van der Waals surface area contributed by atoms with Gasteiger partial charge >= 0.3 is 0 Å². The van der Waals surface area contributed by atoms with Crippen LogP contribution in [0.25, 0.3) is 0 Å². The van der Waals surface area contributed by atoms with E-state index in [9.17, 15) is 9.59 Å². The standard InChI is InChI=1S/C32H38N2O4/c1-4-24(3)33-32(36)28(20-25-10-6-5-7-11-25)34(22-27-12-8-9-23(2)19-27)31(35)16-14-26-13-15-29-30(21-26)38-18-17-37-29/h5-13,15,19,21,24,28H,4,14,16-18,20,22H2,1-3H3,(H,33,36). The third kappa shape index (κ3) is 7.37. The molecule has 0 spiro atoms. The summed E-state index contributed by atoms with van der Waals surface area (Å²) < 4.78 is 11.3. The van der Waals surface area contributed by atoms with E-state index in [0.29, 0.717) is 38.3 Å². The Bertz CT molecular complexity index is 1230. The van der Waals surface area contributed by atoms with E-state index in [2.05, 4.69) is 11.4 Å². The lowest BCUT2D eigenvalue weighted by Crippen LogP contribution is -2.52. The molecule has 1 aliphatic rings. The summed E-state index contributed by atoms with van der Waals surface area (Å²) in [6.07, 6.45) is 2.10. The van der Waals surface area contributed by atoms with Crippen molar-refractivity contribution in [3.05, 3.63) is 95.1 Å². The van der Waals surface area contributed by atoms with Crippen molar-refractivity contribution in [2.45, 2.75) is 65.1 Å². The predicted octanol–water partition coefficient (Wildman–Crippen LogP) is 5.25. The molecule has 1 aliphatic heterocycles. The first-order valence-electron chi connectivity index (χ1n) is 13.5. The molecule has 0 saturated heterocycles. The second-order valence-corrected chi connectivity index (χ2v) is 10.0. The van der Waals surface area contributed by atoms with Gasteiger partial charge in [0.05, 0.1) is 0 Å². The van der Waals surface area contributed by atoms with Crippen LogP contribution in [-0.4, -0.2) is 42.0 Å². The monoisotopic (exact) mass is 514 g/mol. The summed E-state index contributed by atoms with van der Waals surface area (Å²) >= 11 is 0. The summed E-state index contributed by atoms with van der Waals surface area (Å²) in [6.45, 7) is 7.50. The average Bonchev–Trinajstić information content (AvgIpc) is 2.94. The summed E-state index contributed by atoms with van der Waals surface area (Å²) in [7, 11) is 0. The van der Waals surface area contributed by atoms with Crippen LogP contribution in [-0.2, 0) is 29.0 Å². The van der Waals surface area contributed by atoms with Crippen LogP contribution < -0.4 is 14.8 Å². The molecule has 0 bridgehead atoms. The molecule has 0 aromatic heterocycles. The zero-order valence-corrected chi connectivity index (χ0v) is 22.6. The van der Waals surface area contributed by atoms with Crippen molar-refractivity contribution in [3.8, 4) is 11.5 Å². The zero-order valence-electron chi connectivity index (χ0n) is 22.6. The van der Waals surface area contributed by atoms with Gasteiger partial charge in [-0.25, -0.2) is 0 Å². The highest BCUT2D eigenvalue weighted by Crippen LogP contribution is 2.31. The number of rotatable bonds is 11. The largest absolute Gasteiger partial charge is 0.486 e. The Balaban J connectivity index is 1.60. The fraction of sp³-hybridized carbons (Fsp3) is 0.375. The minimum absolute atomic E-state index is 0.0226. The molecule has 3 aromatic carbocycles. The van der Waals surface area contributed by atoms with Gasteiger partial charge < -0.3 is 19.7 Å². The number of ether oxygens (including phenoxy) is 2. The molecule has 1 heterocycles. The van der Waals surface area contributed by atoms with Gasteiger partial charge in [-0.2, -0.15) is 0 Å². The maximum Gasteiger partial charge on any atom is 0.243 e. The lowest BCUT2D eigenvalue weighted by atomic mass is 10.0. The normalized spacial score (nSPS) is 13.9. The van der Waals surface area contributed by atoms with Gasteiger partial charge in [-0.1, -0.05) is 73.2 Å². The number of aryl methyl sites for hydroxylation is 2. The number of amides is 2. The smallest absolute Gasteiger partial charge is 0.243 e. The first-order valence-corrected chi connectivity index (χ1v) is 13.5. The summed E-state index contributed by atoms with van der Waals surface area (Å²) in [4.78, 5) is 29.3. The van der Waals surface area contributed by atoms with E-state index in [1.54, 1.807) is 4.90 Å².